The molecule has 17 heavy (non-hydrogen) atoms. The predicted octanol–water partition coefficient (Wildman–Crippen LogP) is 3.83. The number of hydrogen-bond donors (Lipinski definition) is 0. The average molecular weight is 251 g/mol. The van der Waals surface area contributed by atoms with Crippen molar-refractivity contribution >= 4 is 11.6 Å². The van der Waals surface area contributed by atoms with Crippen molar-refractivity contribution in [1.82, 2.24) is 4.90 Å². The lowest BCUT2D eigenvalue weighted by Gasteiger charge is -2.20. The third-order valence-corrected chi connectivity index (χ3v) is 3.20. The summed E-state index contributed by atoms with van der Waals surface area (Å²) in [4.78, 5) is 2.37. The van der Waals surface area contributed by atoms with Gasteiger partial charge in [-0.3, -0.25) is 4.90 Å². The second-order valence-corrected chi connectivity index (χ2v) is 4.55. The quantitative estimate of drug-likeness (QED) is 0.767. The lowest BCUT2D eigenvalue weighted by Crippen LogP contribution is -2.24. The molecule has 0 heterocycles. The van der Waals surface area contributed by atoms with Crippen molar-refractivity contribution in [2.75, 3.05) is 13.1 Å². The van der Waals surface area contributed by atoms with Gasteiger partial charge in [-0.2, -0.15) is 5.26 Å². The van der Waals surface area contributed by atoms with Crippen LogP contribution in [0.15, 0.2) is 18.2 Å². The van der Waals surface area contributed by atoms with Crippen molar-refractivity contribution in [2.24, 2.45) is 0 Å². The van der Waals surface area contributed by atoms with E-state index >= 15 is 0 Å². The van der Waals surface area contributed by atoms with Gasteiger partial charge in [0.15, 0.2) is 0 Å². The summed E-state index contributed by atoms with van der Waals surface area (Å²) in [6, 6.07) is 7.62. The van der Waals surface area contributed by atoms with Crippen LogP contribution in [0.5, 0.6) is 0 Å². The molecular weight excluding hydrogens is 232 g/mol. The van der Waals surface area contributed by atoms with E-state index in [1.807, 2.05) is 12.1 Å². The summed E-state index contributed by atoms with van der Waals surface area (Å²) in [7, 11) is 0. The Balaban J connectivity index is 2.69. The fourth-order valence-electron chi connectivity index (χ4n) is 1.72. The summed E-state index contributed by atoms with van der Waals surface area (Å²) >= 11 is 6.17. The van der Waals surface area contributed by atoms with Crippen molar-refractivity contribution in [2.45, 2.75) is 33.2 Å². The van der Waals surface area contributed by atoms with Crippen molar-refractivity contribution in [3.8, 4) is 6.07 Å². The first-order valence-electron chi connectivity index (χ1n) is 6.12. The SMILES string of the molecule is CCCCN(CC)Cc1ccc(C#N)cc1Cl. The molecule has 0 aliphatic carbocycles. The smallest absolute Gasteiger partial charge is 0.0992 e. The van der Waals surface area contributed by atoms with Crippen LogP contribution in [0.1, 0.15) is 37.8 Å². The van der Waals surface area contributed by atoms with Crippen LogP contribution in [0.2, 0.25) is 5.02 Å². The minimum absolute atomic E-state index is 0.621. The molecule has 0 amide bonds. The van der Waals surface area contributed by atoms with Crippen LogP contribution >= 0.6 is 11.6 Å². The second-order valence-electron chi connectivity index (χ2n) is 4.14. The van der Waals surface area contributed by atoms with Gasteiger partial charge in [0.2, 0.25) is 0 Å². The Morgan fingerprint density at radius 3 is 2.65 bits per heavy atom. The minimum Gasteiger partial charge on any atom is -0.299 e. The number of nitrogens with zero attached hydrogens (tertiary/aromatic N) is 2. The molecular formula is C14H19ClN2. The third-order valence-electron chi connectivity index (χ3n) is 2.85. The summed E-state index contributed by atoms with van der Waals surface area (Å²) in [6.45, 7) is 7.34. The summed E-state index contributed by atoms with van der Waals surface area (Å²) in [6.07, 6.45) is 2.42. The molecule has 0 atom stereocenters. The average Bonchev–Trinajstić information content (AvgIpc) is 2.36. The molecule has 2 nitrogen and oxygen atoms in total. The molecule has 0 aromatic heterocycles. The molecule has 1 rings (SSSR count). The van der Waals surface area contributed by atoms with Gasteiger partial charge in [0, 0.05) is 11.6 Å². The molecule has 92 valence electrons. The molecule has 0 spiro atoms. The Bertz CT molecular complexity index is 396. The Morgan fingerprint density at radius 2 is 2.12 bits per heavy atom. The van der Waals surface area contributed by atoms with Crippen LogP contribution in [0.25, 0.3) is 0 Å². The lowest BCUT2D eigenvalue weighted by atomic mass is 10.1. The zero-order chi connectivity index (χ0) is 12.7. The highest BCUT2D eigenvalue weighted by Crippen LogP contribution is 2.19. The van der Waals surface area contributed by atoms with Crippen LogP contribution in [0.3, 0.4) is 0 Å². The van der Waals surface area contributed by atoms with E-state index in [1.165, 1.54) is 12.8 Å². The van der Waals surface area contributed by atoms with Gasteiger partial charge in [0.1, 0.15) is 0 Å². The van der Waals surface area contributed by atoms with Crippen molar-refractivity contribution < 1.29 is 0 Å². The number of hydrogen-bond acceptors (Lipinski definition) is 2. The Morgan fingerprint density at radius 1 is 1.35 bits per heavy atom. The van der Waals surface area contributed by atoms with Gasteiger partial charge in [-0.25, -0.2) is 0 Å². The Hall–Kier alpha value is -1.04. The van der Waals surface area contributed by atoms with Gasteiger partial charge in [0.05, 0.1) is 11.6 Å². The van der Waals surface area contributed by atoms with Crippen LogP contribution in [0, 0.1) is 11.3 Å². The van der Waals surface area contributed by atoms with Crippen LogP contribution < -0.4 is 0 Å². The first-order valence-corrected chi connectivity index (χ1v) is 6.50. The summed E-state index contributed by atoms with van der Waals surface area (Å²) in [5, 5.41) is 9.47. The Kier molecular flexibility index (Phi) is 6.04. The first kappa shape index (κ1) is 14.0. The van der Waals surface area contributed by atoms with Gasteiger partial charge in [-0.1, -0.05) is 37.9 Å². The van der Waals surface area contributed by atoms with E-state index in [-0.39, 0.29) is 0 Å². The molecule has 0 fully saturated rings. The molecule has 0 saturated carbocycles. The largest absolute Gasteiger partial charge is 0.299 e. The molecule has 0 saturated heterocycles. The lowest BCUT2D eigenvalue weighted by molar-refractivity contribution is 0.275. The number of rotatable bonds is 6. The number of unbranched alkanes of at least 4 members (excludes halogenated alkanes) is 1. The second kappa shape index (κ2) is 7.32. The topological polar surface area (TPSA) is 27.0 Å². The zero-order valence-corrected chi connectivity index (χ0v) is 11.3. The van der Waals surface area contributed by atoms with E-state index in [0.29, 0.717) is 10.6 Å². The van der Waals surface area contributed by atoms with Crippen molar-refractivity contribution in [1.29, 1.82) is 5.26 Å². The molecule has 0 aliphatic rings. The monoisotopic (exact) mass is 250 g/mol. The van der Waals surface area contributed by atoms with Gasteiger partial charge < -0.3 is 0 Å². The number of halogens is 1. The van der Waals surface area contributed by atoms with Gasteiger partial charge in [0.25, 0.3) is 0 Å². The number of benzene rings is 1. The van der Waals surface area contributed by atoms with Crippen LogP contribution in [0.4, 0.5) is 0 Å². The highest BCUT2D eigenvalue weighted by atomic mass is 35.5. The summed E-state index contributed by atoms with van der Waals surface area (Å²) in [5.41, 5.74) is 1.72. The molecule has 0 aliphatic heterocycles. The van der Waals surface area contributed by atoms with E-state index in [0.717, 1.165) is 25.2 Å². The highest BCUT2D eigenvalue weighted by molar-refractivity contribution is 6.31. The van der Waals surface area contributed by atoms with Crippen LogP contribution in [-0.4, -0.2) is 18.0 Å². The molecule has 1 aromatic carbocycles. The van der Waals surface area contributed by atoms with E-state index in [4.69, 9.17) is 16.9 Å². The molecule has 1 aromatic rings. The van der Waals surface area contributed by atoms with Gasteiger partial charge >= 0.3 is 0 Å². The van der Waals surface area contributed by atoms with E-state index in [2.05, 4.69) is 24.8 Å². The van der Waals surface area contributed by atoms with Gasteiger partial charge in [-0.05, 0) is 37.2 Å². The molecule has 0 radical (unpaired) electrons. The van der Waals surface area contributed by atoms with Gasteiger partial charge in [-0.15, -0.1) is 0 Å². The maximum absolute atomic E-state index is 8.78. The fraction of sp³-hybridized carbons (Fsp3) is 0.500. The fourth-order valence-corrected chi connectivity index (χ4v) is 1.96. The highest BCUT2D eigenvalue weighted by Gasteiger charge is 2.07. The first-order chi connectivity index (χ1) is 8.21. The minimum atomic E-state index is 0.621. The molecule has 3 heteroatoms. The molecule has 0 unspecified atom stereocenters. The maximum Gasteiger partial charge on any atom is 0.0992 e. The van der Waals surface area contributed by atoms with E-state index < -0.39 is 0 Å². The van der Waals surface area contributed by atoms with E-state index in [1.54, 1.807) is 6.07 Å². The van der Waals surface area contributed by atoms with Crippen molar-refractivity contribution in [3.05, 3.63) is 34.3 Å². The predicted molar refractivity (Wildman–Crippen MR) is 72.0 cm³/mol. The Labute approximate surface area is 109 Å². The standard InChI is InChI=1S/C14H19ClN2/c1-3-5-8-17(4-2)11-13-7-6-12(10-16)9-14(13)15/h6-7,9H,3-5,8,11H2,1-2H3. The maximum atomic E-state index is 8.78. The van der Waals surface area contributed by atoms with Crippen molar-refractivity contribution in [3.63, 3.8) is 0 Å². The summed E-state index contributed by atoms with van der Waals surface area (Å²) in [5.74, 6) is 0. The molecule has 0 bridgehead atoms. The summed E-state index contributed by atoms with van der Waals surface area (Å²) < 4.78 is 0. The zero-order valence-electron chi connectivity index (χ0n) is 10.5. The third kappa shape index (κ3) is 4.38. The van der Waals surface area contributed by atoms with Crippen LogP contribution in [-0.2, 0) is 6.54 Å². The molecule has 0 N–H and O–H groups in total. The normalized spacial score (nSPS) is 10.5. The number of nitriles is 1. The van der Waals surface area contributed by atoms with E-state index in [9.17, 15) is 0 Å².